The molecule has 0 radical (unpaired) electrons. The molecule has 6 rings (SSSR count). The Bertz CT molecular complexity index is 1490. The number of furan rings is 1. The summed E-state index contributed by atoms with van der Waals surface area (Å²) in [6.07, 6.45) is 7.57. The van der Waals surface area contributed by atoms with Gasteiger partial charge in [-0.1, -0.05) is 61.7 Å². The van der Waals surface area contributed by atoms with Crippen LogP contribution in [-0.4, -0.2) is 0 Å². The Kier molecular flexibility index (Phi) is 4.09. The Morgan fingerprint density at radius 2 is 1.61 bits per heavy atom. The van der Waals surface area contributed by atoms with E-state index >= 15 is 0 Å². The zero-order chi connectivity index (χ0) is 21.9. The van der Waals surface area contributed by atoms with Gasteiger partial charge in [0.25, 0.3) is 0 Å². The van der Waals surface area contributed by atoms with Crippen molar-refractivity contribution in [3.05, 3.63) is 78.0 Å². The first-order valence-electron chi connectivity index (χ1n) is 11.9. The molecule has 0 bridgehead atoms. The molecular weight excluding hydrogens is 378 g/mol. The number of benzene rings is 3. The van der Waals surface area contributed by atoms with Gasteiger partial charge in [-0.05, 0) is 48.2 Å². The molecule has 2 nitrogen and oxygen atoms in total. The zero-order valence-corrected chi connectivity index (χ0v) is 18.2. The number of pyridine rings is 1. The first-order valence-corrected chi connectivity index (χ1v) is 11.4. The van der Waals surface area contributed by atoms with Crippen molar-refractivity contribution >= 4 is 32.7 Å². The van der Waals surface area contributed by atoms with Gasteiger partial charge in [-0.3, -0.25) is 0 Å². The molecule has 0 saturated heterocycles. The molecule has 1 aliphatic carbocycles. The lowest BCUT2D eigenvalue weighted by molar-refractivity contribution is -0.660. The third-order valence-corrected chi connectivity index (χ3v) is 7.07. The highest BCUT2D eigenvalue weighted by atomic mass is 16.3. The molecule has 0 spiro atoms. The monoisotopic (exact) mass is 407 g/mol. The standard InChI is InChI=1S/C29H28NO/c1-19-22-12-6-7-13-23(22)29-28(24-14-8-9-15-26(24)31-29)27(19)25-18-21(16-17-30(25)2)20-10-4-3-5-11-20/h6-9,12-18,20H,3-5,10-11H2,1-2H3/q+1/i20D. The molecular formula is C29H28NO+. The molecule has 1 fully saturated rings. The molecule has 1 saturated carbocycles. The fourth-order valence-corrected chi connectivity index (χ4v) is 5.44. The van der Waals surface area contributed by atoms with Gasteiger partial charge in [0.05, 0.1) is 5.56 Å². The highest BCUT2D eigenvalue weighted by Crippen LogP contribution is 2.43. The molecule has 5 aromatic rings. The summed E-state index contributed by atoms with van der Waals surface area (Å²) < 4.78 is 17.9. The van der Waals surface area contributed by atoms with Gasteiger partial charge in [0.1, 0.15) is 18.2 Å². The molecule has 0 aliphatic heterocycles. The average Bonchev–Trinajstić information content (AvgIpc) is 3.20. The molecule has 0 N–H and O–H groups in total. The van der Waals surface area contributed by atoms with E-state index in [9.17, 15) is 1.37 Å². The Hall–Kier alpha value is -3.13. The van der Waals surface area contributed by atoms with Crippen molar-refractivity contribution in [2.24, 2.45) is 7.05 Å². The second-order valence-electron chi connectivity index (χ2n) is 8.92. The van der Waals surface area contributed by atoms with Crippen LogP contribution in [0, 0.1) is 6.92 Å². The van der Waals surface area contributed by atoms with E-state index in [0.717, 1.165) is 58.9 Å². The van der Waals surface area contributed by atoms with E-state index in [-0.39, 0.29) is 0 Å². The van der Waals surface area contributed by atoms with Crippen LogP contribution in [0.25, 0.3) is 44.0 Å². The van der Waals surface area contributed by atoms with Crippen LogP contribution in [0.4, 0.5) is 0 Å². The van der Waals surface area contributed by atoms with Crippen LogP contribution in [0.2, 0.25) is 0 Å². The van der Waals surface area contributed by atoms with Crippen molar-refractivity contribution < 1.29 is 10.4 Å². The Balaban J connectivity index is 1.73. The third-order valence-electron chi connectivity index (χ3n) is 7.07. The van der Waals surface area contributed by atoms with E-state index in [1.54, 1.807) is 0 Å². The van der Waals surface area contributed by atoms with Crippen molar-refractivity contribution in [1.82, 2.24) is 0 Å². The smallest absolute Gasteiger partial charge is 0.213 e. The molecule has 154 valence electrons. The SMILES string of the molecule is [2H]C1(c2cc[n+](C)c(-c3c(C)c4ccccc4c4oc5ccccc5c34)c2)CCCCC1. The van der Waals surface area contributed by atoms with E-state index in [1.165, 1.54) is 28.3 Å². The van der Waals surface area contributed by atoms with Gasteiger partial charge in [-0.25, -0.2) is 4.57 Å². The van der Waals surface area contributed by atoms with Gasteiger partial charge in [0.15, 0.2) is 6.20 Å². The highest BCUT2D eigenvalue weighted by molar-refractivity contribution is 6.22. The zero-order valence-electron chi connectivity index (χ0n) is 19.2. The first-order chi connectivity index (χ1) is 15.6. The quantitative estimate of drug-likeness (QED) is 0.276. The highest BCUT2D eigenvalue weighted by Gasteiger charge is 2.25. The van der Waals surface area contributed by atoms with Crippen molar-refractivity contribution in [2.75, 3.05) is 0 Å². The lowest BCUT2D eigenvalue weighted by atomic mass is 9.83. The predicted molar refractivity (Wildman–Crippen MR) is 128 cm³/mol. The first kappa shape index (κ1) is 17.5. The van der Waals surface area contributed by atoms with Gasteiger partial charge in [0.2, 0.25) is 5.69 Å². The molecule has 0 atom stereocenters. The average molecular weight is 408 g/mol. The van der Waals surface area contributed by atoms with Crippen LogP contribution in [0.15, 0.2) is 71.3 Å². The second kappa shape index (κ2) is 7.23. The largest absolute Gasteiger partial charge is 0.455 e. The normalized spacial score (nSPS) is 16.8. The van der Waals surface area contributed by atoms with Crippen LogP contribution < -0.4 is 4.57 Å². The van der Waals surface area contributed by atoms with Gasteiger partial charge >= 0.3 is 0 Å². The Morgan fingerprint density at radius 3 is 2.42 bits per heavy atom. The van der Waals surface area contributed by atoms with Gasteiger partial charge in [-0.15, -0.1) is 0 Å². The fraction of sp³-hybridized carbons (Fsp3) is 0.276. The van der Waals surface area contributed by atoms with E-state index in [0.29, 0.717) is 0 Å². The number of hydrogen-bond donors (Lipinski definition) is 0. The van der Waals surface area contributed by atoms with Gasteiger partial charge in [0, 0.05) is 29.7 Å². The summed E-state index contributed by atoms with van der Waals surface area (Å²) >= 11 is 0. The molecule has 2 aromatic heterocycles. The minimum atomic E-state index is -0.483. The van der Waals surface area contributed by atoms with Crippen molar-refractivity contribution in [3.8, 4) is 11.3 Å². The lowest BCUT2D eigenvalue weighted by Crippen LogP contribution is -2.31. The maximum Gasteiger partial charge on any atom is 0.213 e. The second-order valence-corrected chi connectivity index (χ2v) is 8.92. The topological polar surface area (TPSA) is 17.0 Å². The Labute approximate surface area is 184 Å². The van der Waals surface area contributed by atoms with Gasteiger partial charge in [-0.2, -0.15) is 0 Å². The molecule has 31 heavy (non-hydrogen) atoms. The number of fused-ring (bicyclic) bond motifs is 5. The number of para-hydroxylation sites is 1. The fourth-order valence-electron chi connectivity index (χ4n) is 5.44. The summed E-state index contributed by atoms with van der Waals surface area (Å²) in [5.74, 6) is -0.483. The number of aryl methyl sites for hydroxylation is 2. The van der Waals surface area contributed by atoms with Gasteiger partial charge < -0.3 is 4.42 Å². The summed E-state index contributed by atoms with van der Waals surface area (Å²) in [5.41, 5.74) is 6.63. The maximum atomic E-state index is 9.21. The third kappa shape index (κ3) is 2.89. The number of rotatable bonds is 2. The summed E-state index contributed by atoms with van der Waals surface area (Å²) in [6.45, 7) is 2.22. The molecule has 0 amide bonds. The van der Waals surface area contributed by atoms with E-state index in [1.807, 2.05) is 6.07 Å². The van der Waals surface area contributed by atoms with Crippen LogP contribution in [0.5, 0.6) is 0 Å². The summed E-state index contributed by atoms with van der Waals surface area (Å²) in [7, 11) is 2.11. The van der Waals surface area contributed by atoms with Crippen LogP contribution in [0.1, 0.15) is 50.5 Å². The molecule has 0 unspecified atom stereocenters. The summed E-state index contributed by atoms with van der Waals surface area (Å²) in [5, 5.41) is 4.70. The molecule has 2 heteroatoms. The number of aromatic nitrogens is 1. The summed E-state index contributed by atoms with van der Waals surface area (Å²) in [4.78, 5) is 0. The minimum absolute atomic E-state index is 0.483. The van der Waals surface area contributed by atoms with Crippen LogP contribution in [0.3, 0.4) is 0 Å². The van der Waals surface area contributed by atoms with Crippen molar-refractivity contribution in [3.63, 3.8) is 0 Å². The van der Waals surface area contributed by atoms with E-state index < -0.39 is 5.89 Å². The predicted octanol–water partition coefficient (Wildman–Crippen LogP) is 7.59. The number of nitrogens with zero attached hydrogens (tertiary/aromatic N) is 1. The van der Waals surface area contributed by atoms with E-state index in [2.05, 4.69) is 79.3 Å². The Morgan fingerprint density at radius 1 is 0.903 bits per heavy atom. The molecule has 2 heterocycles. The van der Waals surface area contributed by atoms with Crippen molar-refractivity contribution in [1.29, 1.82) is 0 Å². The summed E-state index contributed by atoms with van der Waals surface area (Å²) in [6, 6.07) is 21.3. The minimum Gasteiger partial charge on any atom is -0.455 e. The van der Waals surface area contributed by atoms with E-state index in [4.69, 9.17) is 4.42 Å². The lowest BCUT2D eigenvalue weighted by Gasteiger charge is -2.22. The maximum absolute atomic E-state index is 9.21. The number of hydrogen-bond acceptors (Lipinski definition) is 1. The van der Waals surface area contributed by atoms with Crippen LogP contribution in [-0.2, 0) is 7.05 Å². The molecule has 3 aromatic carbocycles. The van der Waals surface area contributed by atoms with Crippen molar-refractivity contribution in [2.45, 2.75) is 44.9 Å². The van der Waals surface area contributed by atoms with Crippen LogP contribution >= 0.6 is 0 Å². The molecule has 1 aliphatic rings.